The van der Waals surface area contributed by atoms with Gasteiger partial charge in [-0.3, -0.25) is 25.2 Å². The molecule has 8 heteroatoms. The van der Waals surface area contributed by atoms with Gasteiger partial charge >= 0.3 is 11.8 Å². The largest absolute Gasteiger partial charge is 0.345 e. The maximum absolute atomic E-state index is 12.0. The second kappa shape index (κ2) is 6.87. The molecule has 1 aromatic rings. The molecule has 0 atom stereocenters. The summed E-state index contributed by atoms with van der Waals surface area (Å²) < 4.78 is 0. The van der Waals surface area contributed by atoms with Gasteiger partial charge in [-0.2, -0.15) is 0 Å². The molecule has 0 spiro atoms. The van der Waals surface area contributed by atoms with Gasteiger partial charge < -0.3 is 5.32 Å². The van der Waals surface area contributed by atoms with E-state index in [4.69, 9.17) is 0 Å². The molecule has 1 heterocycles. The van der Waals surface area contributed by atoms with Crippen LogP contribution in [0.25, 0.3) is 0 Å². The summed E-state index contributed by atoms with van der Waals surface area (Å²) in [5.41, 5.74) is 4.99. The Labute approximate surface area is 132 Å². The Morgan fingerprint density at radius 3 is 2.50 bits per heavy atom. The number of thiazole rings is 1. The Morgan fingerprint density at radius 1 is 1.23 bits per heavy atom. The SMILES string of the molecule is Cc1nc(CC(C)C)sc1C(=O)NNC(=O)C(=O)NC1CC1. The second-order valence-corrected chi connectivity index (χ2v) is 6.86. The fourth-order valence-electron chi connectivity index (χ4n) is 1.81. The highest BCUT2D eigenvalue weighted by atomic mass is 32.1. The second-order valence-electron chi connectivity index (χ2n) is 5.78. The third-order valence-corrected chi connectivity index (χ3v) is 4.22. The van der Waals surface area contributed by atoms with Crippen LogP contribution in [0.2, 0.25) is 0 Å². The average Bonchev–Trinajstić information content (AvgIpc) is 3.17. The van der Waals surface area contributed by atoms with Crippen molar-refractivity contribution >= 4 is 29.1 Å². The number of aromatic nitrogens is 1. The van der Waals surface area contributed by atoms with E-state index in [9.17, 15) is 14.4 Å². The van der Waals surface area contributed by atoms with Crippen LogP contribution in [-0.2, 0) is 16.0 Å². The quantitative estimate of drug-likeness (QED) is 0.560. The monoisotopic (exact) mass is 324 g/mol. The molecule has 0 saturated heterocycles. The van der Waals surface area contributed by atoms with Gasteiger partial charge in [-0.25, -0.2) is 4.98 Å². The molecule has 120 valence electrons. The summed E-state index contributed by atoms with van der Waals surface area (Å²) in [6.45, 7) is 5.90. The summed E-state index contributed by atoms with van der Waals surface area (Å²) in [7, 11) is 0. The lowest BCUT2D eigenvalue weighted by molar-refractivity contribution is -0.139. The molecule has 0 aliphatic heterocycles. The van der Waals surface area contributed by atoms with Crippen molar-refractivity contribution < 1.29 is 14.4 Å². The van der Waals surface area contributed by atoms with Gasteiger partial charge in [0, 0.05) is 12.5 Å². The van der Waals surface area contributed by atoms with E-state index in [0.29, 0.717) is 16.5 Å². The first-order valence-corrected chi connectivity index (χ1v) is 8.06. The lowest BCUT2D eigenvalue weighted by atomic mass is 10.1. The molecule has 0 aromatic carbocycles. The highest BCUT2D eigenvalue weighted by Gasteiger charge is 2.26. The fourth-order valence-corrected chi connectivity index (χ4v) is 2.98. The van der Waals surface area contributed by atoms with Gasteiger partial charge in [0.05, 0.1) is 10.7 Å². The normalized spacial score (nSPS) is 13.8. The van der Waals surface area contributed by atoms with E-state index in [1.807, 2.05) is 0 Å². The summed E-state index contributed by atoms with van der Waals surface area (Å²) in [6.07, 6.45) is 2.59. The first kappa shape index (κ1) is 16.4. The van der Waals surface area contributed by atoms with Crippen LogP contribution in [0.1, 0.15) is 47.1 Å². The zero-order valence-electron chi connectivity index (χ0n) is 12.9. The van der Waals surface area contributed by atoms with E-state index in [-0.39, 0.29) is 6.04 Å². The third-order valence-electron chi connectivity index (χ3n) is 3.04. The molecule has 0 unspecified atom stereocenters. The predicted molar refractivity (Wildman–Crippen MR) is 82.2 cm³/mol. The van der Waals surface area contributed by atoms with Crippen LogP contribution in [0, 0.1) is 12.8 Å². The molecule has 1 fully saturated rings. The van der Waals surface area contributed by atoms with E-state index in [1.54, 1.807) is 6.92 Å². The highest BCUT2D eigenvalue weighted by Crippen LogP contribution is 2.20. The maximum atomic E-state index is 12.0. The molecule has 1 aliphatic carbocycles. The third kappa shape index (κ3) is 4.52. The standard InChI is InChI=1S/C14H20N4O3S/c1-7(2)6-10-15-8(3)11(22-10)12(19)17-18-14(21)13(20)16-9-4-5-9/h7,9H,4-6H2,1-3H3,(H,16,20)(H,17,19)(H,18,21). The van der Waals surface area contributed by atoms with Crippen molar-refractivity contribution in [3.63, 3.8) is 0 Å². The number of aryl methyl sites for hydroxylation is 1. The smallest absolute Gasteiger partial charge is 0.327 e. The molecule has 7 nitrogen and oxygen atoms in total. The molecule has 3 N–H and O–H groups in total. The number of carbonyl (C=O) groups is 3. The zero-order chi connectivity index (χ0) is 16.3. The average molecular weight is 324 g/mol. The first-order chi connectivity index (χ1) is 10.4. The van der Waals surface area contributed by atoms with Crippen molar-refractivity contribution in [1.29, 1.82) is 0 Å². The fraction of sp³-hybridized carbons (Fsp3) is 0.571. The van der Waals surface area contributed by atoms with Gasteiger partial charge in [0.15, 0.2) is 0 Å². The lowest BCUT2D eigenvalue weighted by Gasteiger charge is -2.06. The van der Waals surface area contributed by atoms with Crippen molar-refractivity contribution in [2.24, 2.45) is 5.92 Å². The summed E-state index contributed by atoms with van der Waals surface area (Å²) >= 11 is 1.30. The van der Waals surface area contributed by atoms with E-state index in [0.717, 1.165) is 24.3 Å². The molecule has 0 bridgehead atoms. The van der Waals surface area contributed by atoms with Crippen molar-refractivity contribution in [1.82, 2.24) is 21.2 Å². The van der Waals surface area contributed by atoms with Gasteiger partial charge in [0.1, 0.15) is 4.88 Å². The van der Waals surface area contributed by atoms with Crippen LogP contribution < -0.4 is 16.2 Å². The van der Waals surface area contributed by atoms with Crippen molar-refractivity contribution in [3.05, 3.63) is 15.6 Å². The number of nitrogens with zero attached hydrogens (tertiary/aromatic N) is 1. The van der Waals surface area contributed by atoms with E-state index >= 15 is 0 Å². The Hall–Kier alpha value is -1.96. The number of carbonyl (C=O) groups excluding carboxylic acids is 3. The first-order valence-electron chi connectivity index (χ1n) is 7.24. The van der Waals surface area contributed by atoms with Crippen LogP contribution in [0.15, 0.2) is 0 Å². The molecular formula is C14H20N4O3S. The summed E-state index contributed by atoms with van der Waals surface area (Å²) in [6, 6.07) is 0.0938. The number of amides is 3. The van der Waals surface area contributed by atoms with Gasteiger partial charge in [0.2, 0.25) is 0 Å². The minimum Gasteiger partial charge on any atom is -0.345 e. The van der Waals surface area contributed by atoms with Gasteiger partial charge in [0.25, 0.3) is 5.91 Å². The van der Waals surface area contributed by atoms with Gasteiger partial charge in [-0.1, -0.05) is 13.8 Å². The van der Waals surface area contributed by atoms with E-state index in [2.05, 4.69) is 35.0 Å². The number of hydrogen-bond donors (Lipinski definition) is 3. The topological polar surface area (TPSA) is 100 Å². The van der Waals surface area contributed by atoms with Crippen LogP contribution >= 0.6 is 11.3 Å². The van der Waals surface area contributed by atoms with Crippen LogP contribution in [-0.4, -0.2) is 28.7 Å². The minimum absolute atomic E-state index is 0.0938. The Kier molecular flexibility index (Phi) is 5.12. The van der Waals surface area contributed by atoms with Gasteiger partial charge in [-0.15, -0.1) is 11.3 Å². The molecule has 0 radical (unpaired) electrons. The van der Waals surface area contributed by atoms with E-state index < -0.39 is 17.7 Å². The summed E-state index contributed by atoms with van der Waals surface area (Å²) in [5.74, 6) is -1.61. The molecule has 1 saturated carbocycles. The van der Waals surface area contributed by atoms with Crippen LogP contribution in [0.5, 0.6) is 0 Å². The number of nitrogens with one attached hydrogen (secondary N) is 3. The highest BCUT2D eigenvalue weighted by molar-refractivity contribution is 7.13. The molecule has 3 amide bonds. The maximum Gasteiger partial charge on any atom is 0.327 e. The summed E-state index contributed by atoms with van der Waals surface area (Å²) in [5, 5.41) is 3.43. The molecule has 22 heavy (non-hydrogen) atoms. The Bertz CT molecular complexity index is 593. The van der Waals surface area contributed by atoms with E-state index in [1.165, 1.54) is 11.3 Å². The number of hydrazine groups is 1. The zero-order valence-corrected chi connectivity index (χ0v) is 13.7. The Balaban J connectivity index is 1.87. The number of hydrogen-bond acceptors (Lipinski definition) is 5. The summed E-state index contributed by atoms with van der Waals surface area (Å²) in [4.78, 5) is 39.8. The minimum atomic E-state index is -0.871. The molecule has 2 rings (SSSR count). The van der Waals surface area contributed by atoms with Crippen molar-refractivity contribution in [3.8, 4) is 0 Å². The van der Waals surface area contributed by atoms with Crippen molar-refractivity contribution in [2.75, 3.05) is 0 Å². The predicted octanol–water partition coefficient (Wildman–Crippen LogP) is 0.690. The Morgan fingerprint density at radius 2 is 1.91 bits per heavy atom. The van der Waals surface area contributed by atoms with Crippen LogP contribution in [0.4, 0.5) is 0 Å². The van der Waals surface area contributed by atoms with Crippen molar-refractivity contribution in [2.45, 2.75) is 46.1 Å². The molecule has 1 aliphatic rings. The molecule has 1 aromatic heterocycles. The molecular weight excluding hydrogens is 304 g/mol. The van der Waals surface area contributed by atoms with Crippen LogP contribution in [0.3, 0.4) is 0 Å². The van der Waals surface area contributed by atoms with Gasteiger partial charge in [-0.05, 0) is 25.7 Å². The lowest BCUT2D eigenvalue weighted by Crippen LogP contribution is -2.48. The number of rotatable bonds is 4.